The maximum absolute atomic E-state index is 9.75. The lowest BCUT2D eigenvalue weighted by Crippen LogP contribution is -2.38. The van der Waals surface area contributed by atoms with Crippen molar-refractivity contribution in [2.24, 2.45) is 0 Å². The van der Waals surface area contributed by atoms with Gasteiger partial charge < -0.3 is 21.5 Å². The third-order valence-corrected chi connectivity index (χ3v) is 0.574. The number of amides is 3. The van der Waals surface area contributed by atoms with Crippen molar-refractivity contribution in [2.45, 2.75) is 0 Å². The molecule has 3 amide bonds. The molecule has 6 N–H and O–H groups in total. The van der Waals surface area contributed by atoms with Gasteiger partial charge in [-0.05, 0) is 0 Å². The summed E-state index contributed by atoms with van der Waals surface area (Å²) in [5.41, 5.74) is 0. The van der Waals surface area contributed by atoms with E-state index in [-0.39, 0.29) is 6.15 Å². The first-order chi connectivity index (χ1) is 4.46. The average Bonchev–Trinajstić information content (AvgIpc) is 1.59. The second-order valence-corrected chi connectivity index (χ2v) is 1.18. The Morgan fingerprint density at radius 1 is 0.818 bits per heavy atom. The smallest absolute Gasteiger partial charge is 0.426 e. The Hall–Kier alpha value is -1.83. The molecule has 64 valence electrons. The summed E-state index contributed by atoms with van der Waals surface area (Å²) in [7, 11) is 0. The fraction of sp³-hybridized carbons (Fsp3) is 0. The number of nitrogens with zero attached hydrogens (tertiary/aromatic N) is 1. The van der Waals surface area contributed by atoms with E-state index in [1.807, 2.05) is 0 Å². The zero-order valence-electron chi connectivity index (χ0n) is 5.22. The van der Waals surface area contributed by atoms with Gasteiger partial charge in [-0.2, -0.15) is 0 Å². The van der Waals surface area contributed by atoms with Gasteiger partial charge in [0.05, 0.1) is 0 Å². The van der Waals surface area contributed by atoms with Crippen LogP contribution >= 0.6 is 0 Å². The molecule has 8 nitrogen and oxygen atoms in total. The molecule has 0 fully saturated rings. The first-order valence-electron chi connectivity index (χ1n) is 1.95. The van der Waals surface area contributed by atoms with Crippen LogP contribution in [0.5, 0.6) is 0 Å². The highest BCUT2D eigenvalue weighted by Crippen LogP contribution is 1.90. The molecular weight excluding hydrogens is 160 g/mol. The van der Waals surface area contributed by atoms with Crippen molar-refractivity contribution >= 4 is 18.3 Å². The number of carboxylic acid groups (broad SMARTS) is 3. The lowest BCUT2D eigenvalue weighted by molar-refractivity contribution is 0.111. The maximum Gasteiger partial charge on any atom is 0.426 e. The molecule has 0 saturated heterocycles. The lowest BCUT2D eigenvalue weighted by Gasteiger charge is -2.04. The van der Waals surface area contributed by atoms with Gasteiger partial charge in [0, 0.05) is 0 Å². The summed E-state index contributed by atoms with van der Waals surface area (Å²) in [5, 5.41) is 23.6. The van der Waals surface area contributed by atoms with Crippen molar-refractivity contribution in [3.8, 4) is 0 Å². The summed E-state index contributed by atoms with van der Waals surface area (Å²) >= 11 is 0. The van der Waals surface area contributed by atoms with Crippen LogP contribution in [-0.2, 0) is 0 Å². The Labute approximate surface area is 60.2 Å². The van der Waals surface area contributed by atoms with Crippen molar-refractivity contribution in [2.75, 3.05) is 0 Å². The van der Waals surface area contributed by atoms with Crippen LogP contribution in [0, 0.1) is 0 Å². The van der Waals surface area contributed by atoms with E-state index in [9.17, 15) is 14.4 Å². The van der Waals surface area contributed by atoms with Crippen LogP contribution in [0.15, 0.2) is 0 Å². The SMILES string of the molecule is N.O=C(O)N(C(=O)O)C(=O)O. The minimum Gasteiger partial charge on any atom is -0.464 e. The van der Waals surface area contributed by atoms with Crippen molar-refractivity contribution in [1.82, 2.24) is 11.1 Å². The Bertz CT molecular complexity index is 155. The first kappa shape index (κ1) is 11.9. The molecule has 11 heavy (non-hydrogen) atoms. The van der Waals surface area contributed by atoms with Crippen LogP contribution in [0.2, 0.25) is 0 Å². The van der Waals surface area contributed by atoms with Crippen LogP contribution in [-0.4, -0.2) is 38.5 Å². The Morgan fingerprint density at radius 2 is 1.00 bits per heavy atom. The van der Waals surface area contributed by atoms with Gasteiger partial charge in [-0.3, -0.25) is 0 Å². The molecular formula is C3H6N2O6. The Morgan fingerprint density at radius 3 is 1.00 bits per heavy atom. The predicted octanol–water partition coefficient (Wildman–Crippen LogP) is 0.484. The lowest BCUT2D eigenvalue weighted by atomic mass is 10.8. The zero-order valence-corrected chi connectivity index (χ0v) is 5.22. The summed E-state index contributed by atoms with van der Waals surface area (Å²) in [5.74, 6) is 0. The van der Waals surface area contributed by atoms with E-state index < -0.39 is 23.2 Å². The van der Waals surface area contributed by atoms with E-state index >= 15 is 0 Å². The van der Waals surface area contributed by atoms with E-state index in [4.69, 9.17) is 15.3 Å². The molecule has 0 aliphatic rings. The Kier molecular flexibility index (Phi) is 4.40. The van der Waals surface area contributed by atoms with Gasteiger partial charge in [0.25, 0.3) is 0 Å². The van der Waals surface area contributed by atoms with Crippen LogP contribution in [0.1, 0.15) is 0 Å². The highest BCUT2D eigenvalue weighted by Gasteiger charge is 2.26. The number of hydrogen-bond donors (Lipinski definition) is 4. The first-order valence-corrected chi connectivity index (χ1v) is 1.95. The molecule has 0 unspecified atom stereocenters. The van der Waals surface area contributed by atoms with Crippen molar-refractivity contribution < 1.29 is 29.7 Å². The number of rotatable bonds is 0. The molecule has 0 aliphatic heterocycles. The molecule has 0 atom stereocenters. The molecule has 8 heteroatoms. The van der Waals surface area contributed by atoms with Crippen molar-refractivity contribution in [1.29, 1.82) is 0 Å². The minimum atomic E-state index is -2.04. The van der Waals surface area contributed by atoms with Gasteiger partial charge in [0.15, 0.2) is 0 Å². The Balaban J connectivity index is 0. The van der Waals surface area contributed by atoms with Gasteiger partial charge in [-0.25, -0.2) is 14.4 Å². The largest absolute Gasteiger partial charge is 0.464 e. The van der Waals surface area contributed by atoms with Crippen LogP contribution < -0.4 is 6.15 Å². The van der Waals surface area contributed by atoms with E-state index in [0.717, 1.165) is 0 Å². The number of imide groups is 3. The third kappa shape index (κ3) is 3.01. The van der Waals surface area contributed by atoms with Gasteiger partial charge >= 0.3 is 18.3 Å². The summed E-state index contributed by atoms with van der Waals surface area (Å²) in [6, 6.07) is 0. The van der Waals surface area contributed by atoms with Crippen LogP contribution in [0.4, 0.5) is 14.4 Å². The molecule has 0 bridgehead atoms. The molecule has 0 radical (unpaired) electrons. The number of hydrogen-bond acceptors (Lipinski definition) is 4. The van der Waals surface area contributed by atoms with E-state index in [1.54, 1.807) is 0 Å². The van der Waals surface area contributed by atoms with Crippen LogP contribution in [0.3, 0.4) is 0 Å². The predicted molar refractivity (Wildman–Crippen MR) is 30.9 cm³/mol. The molecule has 0 saturated carbocycles. The maximum atomic E-state index is 9.75. The molecule has 0 aromatic heterocycles. The van der Waals surface area contributed by atoms with Crippen molar-refractivity contribution in [3.05, 3.63) is 0 Å². The quantitative estimate of drug-likeness (QED) is 0.408. The normalized spacial score (nSPS) is 7.64. The van der Waals surface area contributed by atoms with Gasteiger partial charge in [0.1, 0.15) is 0 Å². The fourth-order valence-electron chi connectivity index (χ4n) is 0.245. The average molecular weight is 166 g/mol. The van der Waals surface area contributed by atoms with E-state index in [1.165, 1.54) is 0 Å². The monoisotopic (exact) mass is 166 g/mol. The van der Waals surface area contributed by atoms with Gasteiger partial charge in [-0.1, -0.05) is 0 Å². The molecule has 0 rings (SSSR count). The van der Waals surface area contributed by atoms with E-state index in [0.29, 0.717) is 0 Å². The summed E-state index contributed by atoms with van der Waals surface area (Å²) < 4.78 is 0. The zero-order chi connectivity index (χ0) is 8.31. The van der Waals surface area contributed by atoms with E-state index in [2.05, 4.69) is 0 Å². The van der Waals surface area contributed by atoms with Gasteiger partial charge in [0.2, 0.25) is 0 Å². The summed E-state index contributed by atoms with van der Waals surface area (Å²) in [6.07, 6.45) is -6.12. The standard InChI is InChI=1S/C3H3NO6.H3N/c5-1(6)4(2(7)8)3(9)10;/h(H,5,6)(H,7,8)(H,9,10);1H3. The fourth-order valence-corrected chi connectivity index (χ4v) is 0.245. The number of carbonyl (C=O) groups is 3. The van der Waals surface area contributed by atoms with Gasteiger partial charge in [-0.15, -0.1) is 4.90 Å². The highest BCUT2D eigenvalue weighted by atomic mass is 16.5. The molecule has 0 aromatic rings. The molecule has 0 aliphatic carbocycles. The minimum absolute atomic E-state index is 0. The third-order valence-electron chi connectivity index (χ3n) is 0.574. The summed E-state index contributed by atoms with van der Waals surface area (Å²) in [6.45, 7) is 0. The molecule has 0 aromatic carbocycles. The molecule has 0 heterocycles. The summed E-state index contributed by atoms with van der Waals surface area (Å²) in [4.78, 5) is 28.5. The van der Waals surface area contributed by atoms with Crippen molar-refractivity contribution in [3.63, 3.8) is 0 Å². The highest BCUT2D eigenvalue weighted by molar-refractivity contribution is 6.01. The second-order valence-electron chi connectivity index (χ2n) is 1.18. The second kappa shape index (κ2) is 4.06. The molecule has 0 spiro atoms. The topological polar surface area (TPSA) is 150 Å². The van der Waals surface area contributed by atoms with Crippen LogP contribution in [0.25, 0.3) is 0 Å².